The van der Waals surface area contributed by atoms with Crippen molar-refractivity contribution < 1.29 is 22.4 Å². The minimum atomic E-state index is -3.83. The third-order valence-corrected chi connectivity index (χ3v) is 6.83. The van der Waals surface area contributed by atoms with Crippen molar-refractivity contribution in [3.63, 3.8) is 0 Å². The molecule has 4 rings (SSSR count). The molecule has 0 radical (unpaired) electrons. The second-order valence-corrected chi connectivity index (χ2v) is 9.26. The zero-order chi connectivity index (χ0) is 23.4. The zero-order valence-electron chi connectivity index (χ0n) is 17.4. The molecule has 3 aromatic rings. The number of aromatic nitrogens is 2. The Hall–Kier alpha value is -3.70. The summed E-state index contributed by atoms with van der Waals surface area (Å²) in [6.45, 7) is 0.303. The molecule has 33 heavy (non-hydrogen) atoms. The predicted octanol–water partition coefficient (Wildman–Crippen LogP) is 1.33. The van der Waals surface area contributed by atoms with Gasteiger partial charge in [0.05, 0.1) is 17.0 Å². The van der Waals surface area contributed by atoms with Crippen molar-refractivity contribution in [1.82, 2.24) is 24.9 Å². The summed E-state index contributed by atoms with van der Waals surface area (Å²) in [5.41, 5.74) is 1.27. The van der Waals surface area contributed by atoms with Gasteiger partial charge in [-0.2, -0.15) is 4.31 Å². The molecule has 0 saturated carbocycles. The lowest BCUT2D eigenvalue weighted by Gasteiger charge is -2.26. The topological polar surface area (TPSA) is 121 Å². The number of halogens is 1. The van der Waals surface area contributed by atoms with E-state index < -0.39 is 21.7 Å². The Bertz CT molecular complexity index is 1300. The van der Waals surface area contributed by atoms with Crippen LogP contribution in [-0.2, 0) is 21.4 Å². The molecule has 2 amide bonds. The average molecular weight is 469 g/mol. The van der Waals surface area contributed by atoms with Gasteiger partial charge in [0.2, 0.25) is 15.9 Å². The second-order valence-electron chi connectivity index (χ2n) is 7.32. The molecular weight excluding hydrogens is 449 g/mol. The van der Waals surface area contributed by atoms with Gasteiger partial charge >= 0.3 is 0 Å². The Balaban J connectivity index is 1.42. The number of piperazine rings is 1. The van der Waals surface area contributed by atoms with Gasteiger partial charge in [-0.25, -0.2) is 22.8 Å². The summed E-state index contributed by atoms with van der Waals surface area (Å²) in [7, 11) is -3.83. The third kappa shape index (κ3) is 5.21. The molecule has 1 aliphatic heterocycles. The van der Waals surface area contributed by atoms with Crippen LogP contribution in [0.1, 0.15) is 15.9 Å². The summed E-state index contributed by atoms with van der Waals surface area (Å²) in [4.78, 5) is 32.3. The first-order valence-corrected chi connectivity index (χ1v) is 11.5. The fourth-order valence-corrected chi connectivity index (χ4v) is 4.76. The Labute approximate surface area is 189 Å². The van der Waals surface area contributed by atoms with E-state index in [1.165, 1.54) is 36.7 Å². The van der Waals surface area contributed by atoms with Crippen molar-refractivity contribution in [3.8, 4) is 11.4 Å². The molecule has 0 aliphatic carbocycles. The molecular formula is C22H20FN5O4S. The maximum atomic E-state index is 13.4. The molecule has 0 spiro atoms. The van der Waals surface area contributed by atoms with Crippen molar-refractivity contribution in [3.05, 3.63) is 77.9 Å². The van der Waals surface area contributed by atoms with Crippen LogP contribution in [0.15, 0.2) is 65.8 Å². The van der Waals surface area contributed by atoms with Gasteiger partial charge in [-0.3, -0.25) is 9.59 Å². The van der Waals surface area contributed by atoms with Gasteiger partial charge in [0.1, 0.15) is 5.82 Å². The maximum Gasteiger partial charge on any atom is 0.254 e. The summed E-state index contributed by atoms with van der Waals surface area (Å²) >= 11 is 0. The van der Waals surface area contributed by atoms with Crippen LogP contribution in [0.3, 0.4) is 0 Å². The fourth-order valence-electron chi connectivity index (χ4n) is 3.29. The second kappa shape index (κ2) is 9.43. The van der Waals surface area contributed by atoms with E-state index in [9.17, 15) is 22.4 Å². The van der Waals surface area contributed by atoms with Gasteiger partial charge in [-0.05, 0) is 29.8 Å². The number of carbonyl (C=O) groups excluding carboxylic acids is 2. The van der Waals surface area contributed by atoms with E-state index >= 15 is 0 Å². The normalized spacial score (nSPS) is 14.5. The quantitative estimate of drug-likeness (QED) is 0.562. The summed E-state index contributed by atoms with van der Waals surface area (Å²) in [6.07, 6.45) is 2.68. The van der Waals surface area contributed by atoms with Crippen LogP contribution in [-0.4, -0.2) is 54.1 Å². The SMILES string of the molecule is O=C1CN(S(=O)(=O)c2cccc(CNC(=O)c3cnc(-c4cccc(F)c4)nc3)c2)CCN1. The van der Waals surface area contributed by atoms with Gasteiger partial charge in [0.25, 0.3) is 5.91 Å². The molecule has 0 atom stereocenters. The Morgan fingerprint density at radius 3 is 2.61 bits per heavy atom. The molecule has 0 unspecified atom stereocenters. The van der Waals surface area contributed by atoms with E-state index in [2.05, 4.69) is 20.6 Å². The highest BCUT2D eigenvalue weighted by Crippen LogP contribution is 2.18. The van der Waals surface area contributed by atoms with Crippen LogP contribution in [0, 0.1) is 5.82 Å². The highest BCUT2D eigenvalue weighted by Gasteiger charge is 2.29. The van der Waals surface area contributed by atoms with Gasteiger partial charge in [-0.1, -0.05) is 24.3 Å². The number of nitrogens with one attached hydrogen (secondary N) is 2. The minimum Gasteiger partial charge on any atom is -0.354 e. The number of hydrogen-bond acceptors (Lipinski definition) is 6. The van der Waals surface area contributed by atoms with Crippen LogP contribution in [0.5, 0.6) is 0 Å². The molecule has 1 aromatic heterocycles. The minimum absolute atomic E-state index is 0.0479. The van der Waals surface area contributed by atoms with Gasteiger partial charge < -0.3 is 10.6 Å². The number of amides is 2. The van der Waals surface area contributed by atoms with Crippen molar-refractivity contribution in [1.29, 1.82) is 0 Å². The monoisotopic (exact) mass is 469 g/mol. The number of sulfonamides is 1. The summed E-state index contributed by atoms with van der Waals surface area (Å²) in [5, 5.41) is 5.29. The highest BCUT2D eigenvalue weighted by molar-refractivity contribution is 7.89. The maximum absolute atomic E-state index is 13.4. The van der Waals surface area contributed by atoms with E-state index in [0.29, 0.717) is 11.1 Å². The molecule has 2 aromatic carbocycles. The zero-order valence-corrected chi connectivity index (χ0v) is 18.2. The summed E-state index contributed by atoms with van der Waals surface area (Å²) in [5.74, 6) is -0.915. The van der Waals surface area contributed by atoms with E-state index in [1.807, 2.05) is 0 Å². The molecule has 11 heteroatoms. The first-order chi connectivity index (χ1) is 15.8. The van der Waals surface area contributed by atoms with E-state index in [0.717, 1.165) is 4.31 Å². The fraction of sp³-hybridized carbons (Fsp3) is 0.182. The summed E-state index contributed by atoms with van der Waals surface area (Å²) < 4.78 is 40.2. The lowest BCUT2D eigenvalue weighted by atomic mass is 10.2. The first-order valence-electron chi connectivity index (χ1n) is 10.0. The van der Waals surface area contributed by atoms with Gasteiger partial charge in [-0.15, -0.1) is 0 Å². The lowest BCUT2D eigenvalue weighted by molar-refractivity contribution is -0.122. The molecule has 1 fully saturated rings. The van der Waals surface area contributed by atoms with Crippen LogP contribution >= 0.6 is 0 Å². The molecule has 2 N–H and O–H groups in total. The van der Waals surface area contributed by atoms with E-state index in [4.69, 9.17) is 0 Å². The van der Waals surface area contributed by atoms with Crippen LogP contribution in [0.4, 0.5) is 4.39 Å². The molecule has 1 saturated heterocycles. The van der Waals surface area contributed by atoms with Gasteiger partial charge in [0.15, 0.2) is 5.82 Å². The number of rotatable bonds is 6. The van der Waals surface area contributed by atoms with Crippen molar-refractivity contribution in [2.75, 3.05) is 19.6 Å². The summed E-state index contributed by atoms with van der Waals surface area (Å²) in [6, 6.07) is 12.0. The van der Waals surface area contributed by atoms with E-state index in [1.54, 1.807) is 24.3 Å². The largest absolute Gasteiger partial charge is 0.354 e. The predicted molar refractivity (Wildman–Crippen MR) is 117 cm³/mol. The molecule has 0 bridgehead atoms. The molecule has 1 aliphatic rings. The van der Waals surface area contributed by atoms with Crippen LogP contribution < -0.4 is 10.6 Å². The van der Waals surface area contributed by atoms with Crippen LogP contribution in [0.2, 0.25) is 0 Å². The molecule has 2 heterocycles. The average Bonchev–Trinajstić information content (AvgIpc) is 2.83. The Kier molecular flexibility index (Phi) is 6.43. The van der Waals surface area contributed by atoms with Crippen molar-refractivity contribution in [2.24, 2.45) is 0 Å². The molecule has 170 valence electrons. The van der Waals surface area contributed by atoms with E-state index in [-0.39, 0.29) is 48.4 Å². The standard InChI is InChI=1S/C22H20FN5O4S/c23-18-5-2-4-16(10-18)21-25-12-17(13-26-21)22(30)27-11-15-3-1-6-19(9-15)33(31,32)28-8-7-24-20(29)14-28/h1-6,9-10,12-13H,7-8,11,14H2,(H,24,29)(H,27,30). The number of benzene rings is 2. The number of carbonyl (C=O) groups is 2. The van der Waals surface area contributed by atoms with Gasteiger partial charge in [0, 0.05) is 37.6 Å². The lowest BCUT2D eigenvalue weighted by Crippen LogP contribution is -2.49. The number of hydrogen-bond donors (Lipinski definition) is 2. The Morgan fingerprint density at radius 2 is 1.88 bits per heavy atom. The smallest absolute Gasteiger partial charge is 0.254 e. The van der Waals surface area contributed by atoms with Crippen LogP contribution in [0.25, 0.3) is 11.4 Å². The first kappa shape index (κ1) is 22.5. The van der Waals surface area contributed by atoms with Crippen molar-refractivity contribution in [2.45, 2.75) is 11.4 Å². The third-order valence-electron chi connectivity index (χ3n) is 4.99. The number of nitrogens with zero attached hydrogens (tertiary/aromatic N) is 3. The molecule has 9 nitrogen and oxygen atoms in total. The Morgan fingerprint density at radius 1 is 1.12 bits per heavy atom. The highest BCUT2D eigenvalue weighted by atomic mass is 32.2. The van der Waals surface area contributed by atoms with Crippen molar-refractivity contribution >= 4 is 21.8 Å².